The molecule has 7 heteroatoms. The molecule has 0 spiro atoms. The maximum Gasteiger partial charge on any atom is 0.404 e. The fourth-order valence-corrected chi connectivity index (χ4v) is 1.59. The third-order valence-corrected chi connectivity index (χ3v) is 2.45. The van der Waals surface area contributed by atoms with Crippen molar-refractivity contribution >= 4 is 18.0 Å². The van der Waals surface area contributed by atoms with Crippen LogP contribution in [0.2, 0.25) is 0 Å². The van der Waals surface area contributed by atoms with Gasteiger partial charge in [0.2, 0.25) is 5.91 Å². The van der Waals surface area contributed by atoms with Gasteiger partial charge in [-0.05, 0) is 6.42 Å². The first-order valence-corrected chi connectivity index (χ1v) is 4.93. The van der Waals surface area contributed by atoms with Crippen molar-refractivity contribution in [2.24, 2.45) is 11.7 Å². The van der Waals surface area contributed by atoms with Crippen molar-refractivity contribution in [1.29, 1.82) is 0 Å². The lowest BCUT2D eigenvalue weighted by Crippen LogP contribution is -2.44. The van der Waals surface area contributed by atoms with Crippen LogP contribution in [0, 0.1) is 5.92 Å². The first-order valence-electron chi connectivity index (χ1n) is 4.93. The summed E-state index contributed by atoms with van der Waals surface area (Å²) in [6.07, 6.45) is -0.325. The van der Waals surface area contributed by atoms with Crippen molar-refractivity contribution in [3.8, 4) is 0 Å². The van der Waals surface area contributed by atoms with Gasteiger partial charge in [0.1, 0.15) is 6.61 Å². The number of hydrogen-bond acceptors (Lipinski definition) is 4. The molecule has 2 amide bonds. The lowest BCUT2D eigenvalue weighted by molar-refractivity contribution is -0.147. The summed E-state index contributed by atoms with van der Waals surface area (Å²) in [4.78, 5) is 33.8. The summed E-state index contributed by atoms with van der Waals surface area (Å²) in [5.41, 5.74) is 4.76. The molecular formula is C9H14N2O5. The minimum Gasteiger partial charge on any atom is -0.481 e. The van der Waals surface area contributed by atoms with Gasteiger partial charge >= 0.3 is 12.1 Å². The normalized spacial score (nSPS) is 20.6. The van der Waals surface area contributed by atoms with Gasteiger partial charge in [0, 0.05) is 13.0 Å². The van der Waals surface area contributed by atoms with E-state index in [1.54, 1.807) is 0 Å². The van der Waals surface area contributed by atoms with E-state index in [1.807, 2.05) is 0 Å². The molecule has 7 nitrogen and oxygen atoms in total. The Morgan fingerprint density at radius 1 is 1.56 bits per heavy atom. The monoisotopic (exact) mass is 230 g/mol. The number of carboxylic acids is 1. The van der Waals surface area contributed by atoms with Crippen molar-refractivity contribution in [2.75, 3.05) is 19.7 Å². The number of nitrogens with zero attached hydrogens (tertiary/aromatic N) is 1. The second-order valence-corrected chi connectivity index (χ2v) is 3.58. The average Bonchev–Trinajstić information content (AvgIpc) is 2.20. The fraction of sp³-hybridized carbons (Fsp3) is 0.667. The zero-order valence-corrected chi connectivity index (χ0v) is 8.72. The summed E-state index contributed by atoms with van der Waals surface area (Å²) in [7, 11) is 0. The van der Waals surface area contributed by atoms with Gasteiger partial charge in [-0.2, -0.15) is 0 Å². The van der Waals surface area contributed by atoms with Crippen LogP contribution in [-0.2, 0) is 14.3 Å². The molecule has 16 heavy (non-hydrogen) atoms. The summed E-state index contributed by atoms with van der Waals surface area (Å²) in [5.74, 6) is -1.56. The predicted molar refractivity (Wildman–Crippen MR) is 52.5 cm³/mol. The minimum atomic E-state index is -0.909. The zero-order chi connectivity index (χ0) is 12.1. The summed E-state index contributed by atoms with van der Waals surface area (Å²) < 4.78 is 4.49. The number of primary amides is 1. The SMILES string of the molecule is NC(=O)OCCN1CC(C(=O)O)CCC1=O. The van der Waals surface area contributed by atoms with E-state index in [1.165, 1.54) is 4.90 Å². The van der Waals surface area contributed by atoms with Gasteiger partial charge in [-0.3, -0.25) is 9.59 Å². The number of aliphatic carboxylic acids is 1. The van der Waals surface area contributed by atoms with Crippen molar-refractivity contribution in [3.63, 3.8) is 0 Å². The number of likely N-dealkylation sites (tertiary alicyclic amines) is 1. The molecule has 90 valence electrons. The molecule has 1 saturated heterocycles. The van der Waals surface area contributed by atoms with Gasteiger partial charge < -0.3 is 20.5 Å². The molecule has 0 bridgehead atoms. The van der Waals surface area contributed by atoms with Crippen LogP contribution < -0.4 is 5.73 Å². The fourth-order valence-electron chi connectivity index (χ4n) is 1.59. The first-order chi connectivity index (χ1) is 7.50. The third-order valence-electron chi connectivity index (χ3n) is 2.45. The topological polar surface area (TPSA) is 110 Å². The molecule has 0 radical (unpaired) electrons. The van der Waals surface area contributed by atoms with E-state index in [-0.39, 0.29) is 32.0 Å². The molecular weight excluding hydrogens is 216 g/mol. The van der Waals surface area contributed by atoms with E-state index in [2.05, 4.69) is 4.74 Å². The van der Waals surface area contributed by atoms with Gasteiger partial charge in [0.25, 0.3) is 0 Å². The molecule has 1 unspecified atom stereocenters. The molecule has 1 fully saturated rings. The molecule has 1 heterocycles. The Labute approximate surface area is 92.1 Å². The van der Waals surface area contributed by atoms with Gasteiger partial charge in [0.05, 0.1) is 12.5 Å². The molecule has 0 saturated carbocycles. The number of carbonyl (C=O) groups is 3. The summed E-state index contributed by atoms with van der Waals surface area (Å²) >= 11 is 0. The van der Waals surface area contributed by atoms with Gasteiger partial charge in [0.15, 0.2) is 0 Å². The molecule has 1 aliphatic rings. The standard InChI is InChI=1S/C9H14N2O5/c10-9(15)16-4-3-11-5-6(8(13)14)1-2-7(11)12/h6H,1-5H2,(H2,10,15)(H,13,14). The number of carboxylic acid groups (broad SMARTS) is 1. The van der Waals surface area contributed by atoms with E-state index in [4.69, 9.17) is 10.8 Å². The van der Waals surface area contributed by atoms with Crippen LogP contribution in [0.25, 0.3) is 0 Å². The number of carbonyl (C=O) groups excluding carboxylic acids is 2. The number of hydrogen-bond donors (Lipinski definition) is 2. The van der Waals surface area contributed by atoms with Gasteiger partial charge in [-0.1, -0.05) is 0 Å². The molecule has 0 aromatic heterocycles. The Morgan fingerprint density at radius 3 is 2.81 bits per heavy atom. The largest absolute Gasteiger partial charge is 0.481 e. The summed E-state index contributed by atoms with van der Waals surface area (Å²) in [6, 6.07) is 0. The molecule has 1 atom stereocenters. The third kappa shape index (κ3) is 3.41. The molecule has 1 rings (SSSR count). The van der Waals surface area contributed by atoms with Crippen molar-refractivity contribution in [2.45, 2.75) is 12.8 Å². The number of piperidine rings is 1. The van der Waals surface area contributed by atoms with Crippen LogP contribution in [0.3, 0.4) is 0 Å². The second kappa shape index (κ2) is 5.34. The quantitative estimate of drug-likeness (QED) is 0.670. The highest BCUT2D eigenvalue weighted by atomic mass is 16.5. The van der Waals surface area contributed by atoms with Crippen LogP contribution in [0.5, 0.6) is 0 Å². The van der Waals surface area contributed by atoms with Crippen LogP contribution in [0.1, 0.15) is 12.8 Å². The number of rotatable bonds is 4. The number of amides is 2. The van der Waals surface area contributed by atoms with E-state index in [0.29, 0.717) is 6.42 Å². The van der Waals surface area contributed by atoms with Crippen molar-refractivity contribution in [3.05, 3.63) is 0 Å². The molecule has 0 aromatic rings. The highest BCUT2D eigenvalue weighted by molar-refractivity contribution is 5.80. The molecule has 1 aliphatic heterocycles. The highest BCUT2D eigenvalue weighted by Gasteiger charge is 2.29. The number of nitrogens with two attached hydrogens (primary N) is 1. The Balaban J connectivity index is 2.40. The summed E-state index contributed by atoms with van der Waals surface area (Å²) in [6.45, 7) is 0.343. The molecule has 0 aliphatic carbocycles. The Morgan fingerprint density at radius 2 is 2.25 bits per heavy atom. The maximum atomic E-state index is 11.4. The average molecular weight is 230 g/mol. The van der Waals surface area contributed by atoms with E-state index >= 15 is 0 Å². The van der Waals surface area contributed by atoms with Crippen LogP contribution in [0.15, 0.2) is 0 Å². The predicted octanol–water partition coefficient (Wildman–Crippen LogP) is -0.595. The Bertz CT molecular complexity index is 304. The highest BCUT2D eigenvalue weighted by Crippen LogP contribution is 2.17. The van der Waals surface area contributed by atoms with Crippen molar-refractivity contribution < 1.29 is 24.2 Å². The smallest absolute Gasteiger partial charge is 0.404 e. The van der Waals surface area contributed by atoms with Crippen molar-refractivity contribution in [1.82, 2.24) is 4.90 Å². The zero-order valence-electron chi connectivity index (χ0n) is 8.72. The van der Waals surface area contributed by atoms with E-state index in [0.717, 1.165) is 0 Å². The lowest BCUT2D eigenvalue weighted by Gasteiger charge is -2.30. The van der Waals surface area contributed by atoms with Crippen LogP contribution in [-0.4, -0.2) is 47.7 Å². The summed E-state index contributed by atoms with van der Waals surface area (Å²) in [5, 5.41) is 8.81. The second-order valence-electron chi connectivity index (χ2n) is 3.58. The number of ether oxygens (including phenoxy) is 1. The Kier molecular flexibility index (Phi) is 4.10. The van der Waals surface area contributed by atoms with E-state index in [9.17, 15) is 14.4 Å². The maximum absolute atomic E-state index is 11.4. The van der Waals surface area contributed by atoms with Crippen LogP contribution in [0.4, 0.5) is 4.79 Å². The van der Waals surface area contributed by atoms with Crippen LogP contribution >= 0.6 is 0 Å². The Hall–Kier alpha value is -1.79. The molecule has 0 aromatic carbocycles. The lowest BCUT2D eigenvalue weighted by atomic mass is 9.98. The van der Waals surface area contributed by atoms with Gasteiger partial charge in [-0.25, -0.2) is 4.79 Å². The molecule has 3 N–H and O–H groups in total. The van der Waals surface area contributed by atoms with E-state index < -0.39 is 18.0 Å². The van der Waals surface area contributed by atoms with Gasteiger partial charge in [-0.15, -0.1) is 0 Å². The minimum absolute atomic E-state index is 0.00654. The first kappa shape index (κ1) is 12.3.